The maximum Gasteiger partial charge on any atom is 0.255 e. The highest BCUT2D eigenvalue weighted by molar-refractivity contribution is 5.93. The number of benzene rings is 2. The first-order valence-electron chi connectivity index (χ1n) is 12.0. The zero-order chi connectivity index (χ0) is 23.3. The van der Waals surface area contributed by atoms with E-state index in [1.165, 1.54) is 5.56 Å². The summed E-state index contributed by atoms with van der Waals surface area (Å²) in [6, 6.07) is 22.3. The fourth-order valence-corrected chi connectivity index (χ4v) is 5.25. The van der Waals surface area contributed by atoms with E-state index >= 15 is 0 Å². The third kappa shape index (κ3) is 4.61. The second-order valence-corrected chi connectivity index (χ2v) is 9.02. The lowest BCUT2D eigenvalue weighted by Crippen LogP contribution is -2.67. The Morgan fingerprint density at radius 1 is 0.941 bits per heavy atom. The van der Waals surface area contributed by atoms with Crippen molar-refractivity contribution >= 4 is 5.91 Å². The van der Waals surface area contributed by atoms with Crippen molar-refractivity contribution in [1.29, 1.82) is 0 Å². The van der Waals surface area contributed by atoms with E-state index in [-0.39, 0.29) is 30.5 Å². The van der Waals surface area contributed by atoms with Gasteiger partial charge in [-0.3, -0.25) is 14.7 Å². The zero-order valence-corrected chi connectivity index (χ0v) is 19.2. The molecule has 0 spiro atoms. The number of fused-ring (bicyclic) bond motifs is 1. The molecule has 1 aromatic heterocycles. The van der Waals surface area contributed by atoms with Crippen LogP contribution in [0, 0.1) is 11.8 Å². The Morgan fingerprint density at radius 2 is 1.68 bits per heavy atom. The van der Waals surface area contributed by atoms with Gasteiger partial charge in [0.1, 0.15) is 0 Å². The van der Waals surface area contributed by atoms with Crippen molar-refractivity contribution in [2.24, 2.45) is 0 Å². The van der Waals surface area contributed by atoms with Crippen LogP contribution in [0.15, 0.2) is 79.1 Å². The van der Waals surface area contributed by atoms with E-state index in [4.69, 9.17) is 0 Å². The topological polar surface area (TPSA) is 56.7 Å². The lowest BCUT2D eigenvalue weighted by molar-refractivity contribution is -0.0606. The molecule has 2 aliphatic rings. The van der Waals surface area contributed by atoms with Gasteiger partial charge in [0.05, 0.1) is 12.2 Å². The number of rotatable bonds is 3. The number of nitrogens with zero attached hydrogens (tertiary/aromatic N) is 3. The summed E-state index contributed by atoms with van der Waals surface area (Å²) < 4.78 is 0. The molecule has 5 nitrogen and oxygen atoms in total. The monoisotopic (exact) mass is 451 g/mol. The first kappa shape index (κ1) is 22.3. The van der Waals surface area contributed by atoms with Gasteiger partial charge >= 0.3 is 0 Å². The molecule has 172 valence electrons. The molecule has 5 rings (SSSR count). The van der Waals surface area contributed by atoms with Crippen molar-refractivity contribution < 1.29 is 9.90 Å². The Balaban J connectivity index is 1.35. The molecule has 2 aromatic carbocycles. The van der Waals surface area contributed by atoms with Crippen LogP contribution in [0.25, 0.3) is 0 Å². The van der Waals surface area contributed by atoms with E-state index in [9.17, 15) is 9.90 Å². The van der Waals surface area contributed by atoms with Crippen molar-refractivity contribution in [1.82, 2.24) is 14.8 Å². The molecule has 1 N–H and O–H groups in total. The predicted octanol–water partition coefficient (Wildman–Crippen LogP) is 3.55. The van der Waals surface area contributed by atoms with Crippen LogP contribution in [-0.2, 0) is 0 Å². The lowest BCUT2D eigenvalue weighted by Gasteiger charge is -2.57. The van der Waals surface area contributed by atoms with Gasteiger partial charge in [-0.25, -0.2) is 0 Å². The minimum absolute atomic E-state index is 0.0349. The predicted molar refractivity (Wildman–Crippen MR) is 132 cm³/mol. The zero-order valence-electron chi connectivity index (χ0n) is 19.2. The molecular weight excluding hydrogens is 422 g/mol. The minimum Gasteiger partial charge on any atom is -0.395 e. The Bertz CT molecular complexity index is 1170. The number of pyridine rings is 1. The van der Waals surface area contributed by atoms with Gasteiger partial charge in [-0.15, -0.1) is 0 Å². The summed E-state index contributed by atoms with van der Waals surface area (Å²) in [4.78, 5) is 21.6. The molecule has 34 heavy (non-hydrogen) atoms. The molecule has 0 saturated carbocycles. The molecule has 0 unspecified atom stereocenters. The summed E-state index contributed by atoms with van der Waals surface area (Å²) in [6.07, 6.45) is 5.31. The van der Waals surface area contributed by atoms with Crippen molar-refractivity contribution in [2.45, 2.75) is 30.8 Å². The molecule has 2 fully saturated rings. The van der Waals surface area contributed by atoms with Crippen LogP contribution in [-0.4, -0.2) is 64.1 Å². The molecule has 3 heterocycles. The fraction of sp³-hybridized carbons (Fsp3) is 0.310. The van der Waals surface area contributed by atoms with Crippen LogP contribution in [0.3, 0.4) is 0 Å². The van der Waals surface area contributed by atoms with Gasteiger partial charge in [-0.2, -0.15) is 0 Å². The summed E-state index contributed by atoms with van der Waals surface area (Å²) >= 11 is 0. The molecule has 5 heteroatoms. The SMILES string of the molecule is O=C(c1cccnc1)N1CCCCN2[C@H](C1)[C@@H](c1ccc(C#Cc3ccccc3)cc1)[C@@H]2CO. The number of aliphatic hydroxyl groups excluding tert-OH is 1. The van der Waals surface area contributed by atoms with Gasteiger partial charge in [0.15, 0.2) is 0 Å². The van der Waals surface area contributed by atoms with Crippen molar-refractivity contribution in [3.63, 3.8) is 0 Å². The first-order valence-corrected chi connectivity index (χ1v) is 12.0. The minimum atomic E-state index is 0.0349. The fourth-order valence-electron chi connectivity index (χ4n) is 5.25. The summed E-state index contributed by atoms with van der Waals surface area (Å²) in [6.45, 7) is 2.49. The Morgan fingerprint density at radius 3 is 2.38 bits per heavy atom. The van der Waals surface area contributed by atoms with Crippen LogP contribution in [0.5, 0.6) is 0 Å². The Labute approximate surface area is 201 Å². The number of carbonyl (C=O) groups is 1. The van der Waals surface area contributed by atoms with Gasteiger partial charge < -0.3 is 10.0 Å². The number of aromatic nitrogens is 1. The third-order valence-electron chi connectivity index (χ3n) is 6.99. The normalized spacial score (nSPS) is 22.4. The van der Waals surface area contributed by atoms with E-state index in [0.717, 1.165) is 37.1 Å². The molecule has 2 aliphatic heterocycles. The number of carbonyl (C=O) groups excluding carboxylic acids is 1. The average molecular weight is 452 g/mol. The third-order valence-corrected chi connectivity index (χ3v) is 6.99. The van der Waals surface area contributed by atoms with Crippen LogP contribution in [0.2, 0.25) is 0 Å². The van der Waals surface area contributed by atoms with Gasteiger partial charge in [-0.05, 0) is 61.3 Å². The lowest BCUT2D eigenvalue weighted by atomic mass is 9.74. The van der Waals surface area contributed by atoms with Crippen LogP contribution in [0.4, 0.5) is 0 Å². The van der Waals surface area contributed by atoms with Crippen LogP contribution in [0.1, 0.15) is 45.8 Å². The van der Waals surface area contributed by atoms with Gasteiger partial charge in [0.25, 0.3) is 5.91 Å². The van der Waals surface area contributed by atoms with Crippen LogP contribution < -0.4 is 0 Å². The molecule has 0 aliphatic carbocycles. The number of hydrogen-bond donors (Lipinski definition) is 1. The van der Waals surface area contributed by atoms with Crippen molar-refractivity contribution in [2.75, 3.05) is 26.2 Å². The smallest absolute Gasteiger partial charge is 0.255 e. The van der Waals surface area contributed by atoms with Crippen molar-refractivity contribution in [3.8, 4) is 11.8 Å². The van der Waals surface area contributed by atoms with E-state index in [1.807, 2.05) is 41.3 Å². The van der Waals surface area contributed by atoms with Gasteiger partial charge in [0, 0.05) is 54.6 Å². The maximum absolute atomic E-state index is 13.2. The summed E-state index contributed by atoms with van der Waals surface area (Å²) in [5.41, 5.74) is 3.79. The summed E-state index contributed by atoms with van der Waals surface area (Å²) in [5.74, 6) is 6.66. The first-order chi connectivity index (χ1) is 16.7. The summed E-state index contributed by atoms with van der Waals surface area (Å²) in [7, 11) is 0. The van der Waals surface area contributed by atoms with Gasteiger partial charge in [0.2, 0.25) is 0 Å². The molecule has 0 radical (unpaired) electrons. The molecule has 3 atom stereocenters. The number of aliphatic hydroxyl groups is 1. The maximum atomic E-state index is 13.2. The van der Waals surface area contributed by atoms with Gasteiger partial charge in [-0.1, -0.05) is 42.2 Å². The quantitative estimate of drug-likeness (QED) is 0.619. The summed E-state index contributed by atoms with van der Waals surface area (Å²) in [5, 5.41) is 10.2. The molecule has 0 bridgehead atoms. The molecule has 1 amide bonds. The van der Waals surface area contributed by atoms with E-state index in [1.54, 1.807) is 18.5 Å². The van der Waals surface area contributed by atoms with Crippen LogP contribution >= 0.6 is 0 Å². The highest BCUT2D eigenvalue weighted by atomic mass is 16.3. The van der Waals surface area contributed by atoms with E-state index in [0.29, 0.717) is 12.1 Å². The largest absolute Gasteiger partial charge is 0.395 e. The second-order valence-electron chi connectivity index (χ2n) is 9.02. The molecule has 3 aromatic rings. The van der Waals surface area contributed by atoms with Crippen molar-refractivity contribution in [3.05, 3.63) is 101 Å². The average Bonchev–Trinajstić information content (AvgIpc) is 2.88. The number of hydrogen-bond acceptors (Lipinski definition) is 4. The highest BCUT2D eigenvalue weighted by Crippen LogP contribution is 2.42. The standard InChI is InChI=1S/C29H29N3O2/c33-21-27-28(24-14-12-23(13-15-24)11-10-22-7-2-1-3-8-22)26-20-31(17-4-5-18-32(26)27)29(34)25-9-6-16-30-19-25/h1-3,6-9,12-16,19,26-28,33H,4-5,17-18,20-21H2/t26-,27+,28-/m1/s1. The van der Waals surface area contributed by atoms with E-state index < -0.39 is 0 Å². The Kier molecular flexibility index (Phi) is 6.71. The molecular formula is C29H29N3O2. The number of amides is 1. The molecule has 2 saturated heterocycles. The second kappa shape index (κ2) is 10.2. The van der Waals surface area contributed by atoms with E-state index in [2.05, 4.69) is 46.0 Å². The Hall–Kier alpha value is -3.46. The highest BCUT2D eigenvalue weighted by Gasteiger charge is 2.49.